The van der Waals surface area contributed by atoms with E-state index in [2.05, 4.69) is 34.5 Å². The summed E-state index contributed by atoms with van der Waals surface area (Å²) in [5.41, 5.74) is 4.38. The first-order valence-electron chi connectivity index (χ1n) is 13.7. The highest BCUT2D eigenvalue weighted by Crippen LogP contribution is 2.36. The highest BCUT2D eigenvalue weighted by molar-refractivity contribution is 5.74. The first-order valence-corrected chi connectivity index (χ1v) is 13.7. The fraction of sp³-hybridized carbons (Fsp3) is 0.552. The monoisotopic (exact) mass is 520 g/mol. The lowest BCUT2D eigenvalue weighted by Crippen LogP contribution is -2.46. The number of hydrogen-bond acceptors (Lipinski definition) is 9. The molecule has 0 radical (unpaired) electrons. The average molecular weight is 521 g/mol. The van der Waals surface area contributed by atoms with Crippen molar-refractivity contribution >= 4 is 5.82 Å². The molecule has 1 saturated heterocycles. The van der Waals surface area contributed by atoms with Gasteiger partial charge in [-0.05, 0) is 72.6 Å². The van der Waals surface area contributed by atoms with Gasteiger partial charge in [0.05, 0.1) is 17.0 Å². The topological polar surface area (TPSA) is 109 Å². The van der Waals surface area contributed by atoms with Crippen LogP contribution in [0.15, 0.2) is 28.8 Å². The number of rotatable bonds is 10. The van der Waals surface area contributed by atoms with Gasteiger partial charge in [0.25, 0.3) is 0 Å². The van der Waals surface area contributed by atoms with Crippen LogP contribution in [0.3, 0.4) is 0 Å². The predicted molar refractivity (Wildman–Crippen MR) is 148 cm³/mol. The SMILES string of the molecule is CNCC(O)COc1cccc(-c2nc(NC3CCN(C4CC4)C(C)C3)c(C)c(-c3c(C)noc3C)n2)c1. The van der Waals surface area contributed by atoms with Crippen molar-refractivity contribution in [3.05, 3.63) is 41.3 Å². The smallest absolute Gasteiger partial charge is 0.162 e. The van der Waals surface area contributed by atoms with Gasteiger partial charge in [0.15, 0.2) is 5.82 Å². The number of anilines is 1. The van der Waals surface area contributed by atoms with Gasteiger partial charge in [-0.15, -0.1) is 0 Å². The molecule has 204 valence electrons. The van der Waals surface area contributed by atoms with Crippen LogP contribution in [0.25, 0.3) is 22.6 Å². The first-order chi connectivity index (χ1) is 18.3. The second-order valence-electron chi connectivity index (χ2n) is 10.8. The van der Waals surface area contributed by atoms with E-state index in [0.29, 0.717) is 30.2 Å². The minimum Gasteiger partial charge on any atom is -0.491 e. The van der Waals surface area contributed by atoms with Crippen LogP contribution in [0.5, 0.6) is 5.75 Å². The number of piperidine rings is 1. The summed E-state index contributed by atoms with van der Waals surface area (Å²) in [5, 5.41) is 21.0. The number of aliphatic hydroxyl groups is 1. The molecule has 5 rings (SSSR count). The third-order valence-corrected chi connectivity index (χ3v) is 7.67. The number of benzene rings is 1. The number of ether oxygens (including phenoxy) is 1. The Morgan fingerprint density at radius 3 is 2.68 bits per heavy atom. The largest absolute Gasteiger partial charge is 0.491 e. The Bertz CT molecular complexity index is 1240. The Morgan fingerprint density at radius 1 is 1.18 bits per heavy atom. The normalized spacial score (nSPS) is 20.9. The number of aromatic nitrogens is 3. The van der Waals surface area contributed by atoms with Crippen LogP contribution in [0.4, 0.5) is 5.82 Å². The Morgan fingerprint density at radius 2 is 2.00 bits per heavy atom. The highest BCUT2D eigenvalue weighted by atomic mass is 16.5. The minimum atomic E-state index is -0.588. The Labute approximate surface area is 225 Å². The third-order valence-electron chi connectivity index (χ3n) is 7.67. The summed E-state index contributed by atoms with van der Waals surface area (Å²) in [7, 11) is 1.80. The van der Waals surface area contributed by atoms with Crippen molar-refractivity contribution in [3.8, 4) is 28.4 Å². The van der Waals surface area contributed by atoms with Crippen LogP contribution in [0.2, 0.25) is 0 Å². The van der Waals surface area contributed by atoms with Crippen LogP contribution >= 0.6 is 0 Å². The molecule has 0 amide bonds. The van der Waals surface area contributed by atoms with Gasteiger partial charge < -0.3 is 25.0 Å². The fourth-order valence-electron chi connectivity index (χ4n) is 5.53. The van der Waals surface area contributed by atoms with Crippen molar-refractivity contribution in [1.82, 2.24) is 25.3 Å². The molecule has 1 saturated carbocycles. The summed E-state index contributed by atoms with van der Waals surface area (Å²) in [6, 6.07) is 9.42. The molecular weight excluding hydrogens is 480 g/mol. The lowest BCUT2D eigenvalue weighted by Gasteiger charge is -2.38. The number of aliphatic hydroxyl groups excluding tert-OH is 1. The van der Waals surface area contributed by atoms with Gasteiger partial charge >= 0.3 is 0 Å². The van der Waals surface area contributed by atoms with Crippen molar-refractivity contribution in [1.29, 1.82) is 0 Å². The van der Waals surface area contributed by atoms with E-state index in [4.69, 9.17) is 19.2 Å². The fourth-order valence-corrected chi connectivity index (χ4v) is 5.53. The standard InChI is InChI=1S/C29H40N6O3/c1-17-13-22(11-12-35(17)23-9-10-23)31-28-18(2)27(26-19(3)34-38-20(26)4)32-29(33-28)21-7-6-8-25(14-21)37-16-24(36)15-30-5/h6-8,14,17,22-24,30,36H,9-13,15-16H2,1-5H3,(H,31,32,33). The zero-order valence-electron chi connectivity index (χ0n) is 23.1. The molecule has 2 aliphatic rings. The second-order valence-corrected chi connectivity index (χ2v) is 10.8. The van der Waals surface area contributed by atoms with Crippen molar-refractivity contribution in [2.24, 2.45) is 0 Å². The van der Waals surface area contributed by atoms with Crippen LogP contribution in [0.1, 0.15) is 49.6 Å². The maximum Gasteiger partial charge on any atom is 0.162 e. The quantitative estimate of drug-likeness (QED) is 0.364. The second kappa shape index (κ2) is 11.4. The molecule has 9 heteroatoms. The molecule has 2 aromatic heterocycles. The van der Waals surface area contributed by atoms with E-state index in [1.165, 1.54) is 12.8 Å². The molecule has 3 atom stereocenters. The van der Waals surface area contributed by atoms with Gasteiger partial charge in [-0.3, -0.25) is 4.90 Å². The summed E-state index contributed by atoms with van der Waals surface area (Å²) in [4.78, 5) is 12.7. The van der Waals surface area contributed by atoms with Gasteiger partial charge in [0, 0.05) is 42.3 Å². The van der Waals surface area contributed by atoms with Gasteiger partial charge in [-0.25, -0.2) is 9.97 Å². The number of hydrogen-bond donors (Lipinski definition) is 3. The van der Waals surface area contributed by atoms with E-state index in [0.717, 1.165) is 65.1 Å². The Balaban J connectivity index is 1.46. The number of likely N-dealkylation sites (N-methyl/N-ethyl adjacent to an activating group) is 1. The summed E-state index contributed by atoms with van der Waals surface area (Å²) in [6.07, 6.45) is 4.28. The van der Waals surface area contributed by atoms with E-state index < -0.39 is 6.10 Å². The zero-order chi connectivity index (χ0) is 26.8. The maximum atomic E-state index is 10.0. The van der Waals surface area contributed by atoms with Gasteiger partial charge in [-0.1, -0.05) is 17.3 Å². The predicted octanol–water partition coefficient (Wildman–Crippen LogP) is 4.11. The molecule has 38 heavy (non-hydrogen) atoms. The van der Waals surface area contributed by atoms with Crippen LogP contribution in [-0.4, -0.2) is 76.1 Å². The van der Waals surface area contributed by atoms with E-state index in [-0.39, 0.29) is 6.61 Å². The summed E-state index contributed by atoms with van der Waals surface area (Å²) in [6.45, 7) is 10.1. The summed E-state index contributed by atoms with van der Waals surface area (Å²) < 4.78 is 11.4. The maximum absolute atomic E-state index is 10.0. The molecular formula is C29H40N6O3. The van der Waals surface area contributed by atoms with Gasteiger partial charge in [0.1, 0.15) is 30.0 Å². The number of nitrogens with zero attached hydrogens (tertiary/aromatic N) is 4. The molecule has 9 nitrogen and oxygen atoms in total. The van der Waals surface area contributed by atoms with E-state index in [9.17, 15) is 5.11 Å². The number of nitrogens with one attached hydrogen (secondary N) is 2. The Hall–Kier alpha value is -3.01. The molecule has 1 aliphatic heterocycles. The molecule has 0 bridgehead atoms. The molecule has 1 aromatic carbocycles. The Kier molecular flexibility index (Phi) is 7.97. The molecule has 1 aliphatic carbocycles. The number of likely N-dealkylation sites (tertiary alicyclic amines) is 1. The van der Waals surface area contributed by atoms with Crippen LogP contribution < -0.4 is 15.4 Å². The molecule has 3 N–H and O–H groups in total. The molecule has 3 heterocycles. The molecule has 3 aromatic rings. The average Bonchev–Trinajstić information content (AvgIpc) is 3.69. The van der Waals surface area contributed by atoms with Crippen molar-refractivity contribution in [3.63, 3.8) is 0 Å². The van der Waals surface area contributed by atoms with Gasteiger partial charge in [0.2, 0.25) is 0 Å². The third kappa shape index (κ3) is 5.85. The van der Waals surface area contributed by atoms with E-state index >= 15 is 0 Å². The van der Waals surface area contributed by atoms with Crippen molar-refractivity contribution in [2.45, 2.75) is 77.6 Å². The van der Waals surface area contributed by atoms with Crippen LogP contribution in [0, 0.1) is 20.8 Å². The van der Waals surface area contributed by atoms with E-state index in [1.54, 1.807) is 7.05 Å². The van der Waals surface area contributed by atoms with Gasteiger partial charge in [-0.2, -0.15) is 0 Å². The molecule has 3 unspecified atom stereocenters. The van der Waals surface area contributed by atoms with E-state index in [1.807, 2.05) is 38.1 Å². The molecule has 2 fully saturated rings. The molecule has 0 spiro atoms. The highest BCUT2D eigenvalue weighted by Gasteiger charge is 2.36. The first kappa shape index (κ1) is 26.6. The summed E-state index contributed by atoms with van der Waals surface area (Å²) >= 11 is 0. The zero-order valence-corrected chi connectivity index (χ0v) is 23.1. The minimum absolute atomic E-state index is 0.202. The van der Waals surface area contributed by atoms with Crippen LogP contribution in [-0.2, 0) is 0 Å². The van der Waals surface area contributed by atoms with Crippen molar-refractivity contribution < 1.29 is 14.4 Å². The van der Waals surface area contributed by atoms with Crippen molar-refractivity contribution in [2.75, 3.05) is 32.1 Å². The lowest BCUT2D eigenvalue weighted by molar-refractivity contribution is 0.108. The number of aryl methyl sites for hydroxylation is 2. The summed E-state index contributed by atoms with van der Waals surface area (Å²) in [5.74, 6) is 2.86. The lowest BCUT2D eigenvalue weighted by atomic mass is 9.97.